The lowest BCUT2D eigenvalue weighted by atomic mass is 10.3. The van der Waals surface area contributed by atoms with E-state index in [1.165, 1.54) is 0 Å². The first-order valence-corrected chi connectivity index (χ1v) is 9.59. The highest BCUT2D eigenvalue weighted by Crippen LogP contribution is 2.14. The van der Waals surface area contributed by atoms with Gasteiger partial charge in [-0.25, -0.2) is 4.79 Å². The SMILES string of the molecule is C[Si](C)(C)c1c(=O)o[nH][n+]1-c1ccccc1Br. The molecule has 0 aliphatic carbocycles. The van der Waals surface area contributed by atoms with E-state index in [0.29, 0.717) is 0 Å². The number of aromatic nitrogens is 2. The lowest BCUT2D eigenvalue weighted by Crippen LogP contribution is -2.63. The number of halogens is 1. The predicted octanol–water partition coefficient (Wildman–Crippen LogP) is 1.55. The van der Waals surface area contributed by atoms with Gasteiger partial charge in [-0.1, -0.05) is 31.8 Å². The Morgan fingerprint density at radius 2 is 1.94 bits per heavy atom. The maximum absolute atomic E-state index is 11.8. The third-order valence-electron chi connectivity index (χ3n) is 2.45. The van der Waals surface area contributed by atoms with Crippen molar-refractivity contribution in [3.63, 3.8) is 0 Å². The molecular weight excluding hydrogens is 300 g/mol. The fourth-order valence-electron chi connectivity index (χ4n) is 1.72. The van der Waals surface area contributed by atoms with E-state index in [2.05, 4.69) is 40.8 Å². The minimum Gasteiger partial charge on any atom is -0.283 e. The summed E-state index contributed by atoms with van der Waals surface area (Å²) in [5.41, 5.74) is 0.607. The summed E-state index contributed by atoms with van der Waals surface area (Å²) in [4.78, 5) is 11.8. The van der Waals surface area contributed by atoms with Crippen LogP contribution in [0.1, 0.15) is 0 Å². The summed E-state index contributed by atoms with van der Waals surface area (Å²) < 4.78 is 7.58. The molecule has 2 aromatic rings. The van der Waals surface area contributed by atoms with Crippen LogP contribution in [0.2, 0.25) is 19.6 Å². The number of H-pyrrole nitrogens is 1. The number of benzene rings is 1. The van der Waals surface area contributed by atoms with Crippen molar-refractivity contribution in [3.05, 3.63) is 39.2 Å². The quantitative estimate of drug-likeness (QED) is 0.675. The molecule has 4 nitrogen and oxygen atoms in total. The molecule has 1 heterocycles. The van der Waals surface area contributed by atoms with Crippen LogP contribution < -0.4 is 15.6 Å². The molecule has 0 bridgehead atoms. The molecule has 17 heavy (non-hydrogen) atoms. The lowest BCUT2D eigenvalue weighted by molar-refractivity contribution is -0.655. The number of hydrogen-bond acceptors (Lipinski definition) is 2. The first-order chi connectivity index (χ1) is 7.91. The van der Waals surface area contributed by atoms with Crippen LogP contribution in [0.25, 0.3) is 5.69 Å². The zero-order valence-corrected chi connectivity index (χ0v) is 12.5. The van der Waals surface area contributed by atoms with Gasteiger partial charge in [0.1, 0.15) is 0 Å². The molecule has 1 aromatic carbocycles. The Labute approximate surface area is 108 Å². The van der Waals surface area contributed by atoms with Crippen LogP contribution >= 0.6 is 15.9 Å². The van der Waals surface area contributed by atoms with Crippen molar-refractivity contribution in [3.8, 4) is 5.69 Å². The Morgan fingerprint density at radius 1 is 1.29 bits per heavy atom. The van der Waals surface area contributed by atoms with Crippen LogP contribution in [-0.2, 0) is 0 Å². The van der Waals surface area contributed by atoms with Crippen molar-refractivity contribution in [2.45, 2.75) is 19.6 Å². The van der Waals surface area contributed by atoms with E-state index in [-0.39, 0.29) is 5.63 Å². The second kappa shape index (κ2) is 4.27. The average molecular weight is 314 g/mol. The molecule has 0 atom stereocenters. The molecule has 0 spiro atoms. The zero-order chi connectivity index (χ0) is 12.6. The highest BCUT2D eigenvalue weighted by molar-refractivity contribution is 9.10. The summed E-state index contributed by atoms with van der Waals surface area (Å²) in [7, 11) is -1.77. The highest BCUT2D eigenvalue weighted by atomic mass is 79.9. The Morgan fingerprint density at radius 3 is 2.53 bits per heavy atom. The summed E-state index contributed by atoms with van der Waals surface area (Å²) >= 11 is 3.47. The van der Waals surface area contributed by atoms with Crippen LogP contribution in [0.4, 0.5) is 0 Å². The Kier molecular flexibility index (Phi) is 3.09. The van der Waals surface area contributed by atoms with Gasteiger partial charge in [-0.05, 0) is 31.9 Å². The minimum atomic E-state index is -1.77. The number of nitrogens with zero attached hydrogens (tertiary/aromatic N) is 1. The molecule has 1 N–H and O–H groups in total. The van der Waals surface area contributed by atoms with Gasteiger partial charge in [0.2, 0.25) is 0 Å². The molecular formula is C11H14BrN2O2Si+. The fraction of sp³-hybridized carbons (Fsp3) is 0.273. The van der Waals surface area contributed by atoms with Gasteiger partial charge in [-0.3, -0.25) is 4.52 Å². The van der Waals surface area contributed by atoms with E-state index >= 15 is 0 Å². The van der Waals surface area contributed by atoms with Crippen LogP contribution in [0.15, 0.2) is 38.1 Å². The number of para-hydroxylation sites is 1. The van der Waals surface area contributed by atoms with E-state index < -0.39 is 8.07 Å². The molecule has 0 unspecified atom stereocenters. The van der Waals surface area contributed by atoms with Gasteiger partial charge in [-0.2, -0.15) is 0 Å². The Hall–Kier alpha value is -1.14. The van der Waals surface area contributed by atoms with Crippen molar-refractivity contribution < 1.29 is 9.20 Å². The number of hydrogen-bond donors (Lipinski definition) is 1. The molecule has 90 valence electrons. The van der Waals surface area contributed by atoms with Gasteiger partial charge in [-0.15, -0.1) is 0 Å². The van der Waals surface area contributed by atoms with Crippen LogP contribution in [0.5, 0.6) is 0 Å². The first-order valence-electron chi connectivity index (χ1n) is 5.30. The van der Waals surface area contributed by atoms with Gasteiger partial charge in [0.05, 0.1) is 4.47 Å². The molecule has 0 amide bonds. The average Bonchev–Trinajstić information content (AvgIpc) is 2.60. The summed E-state index contributed by atoms with van der Waals surface area (Å²) in [5, 5.41) is 3.40. The lowest BCUT2D eigenvalue weighted by Gasteiger charge is -2.07. The number of aromatic amines is 1. The first kappa shape index (κ1) is 12.3. The van der Waals surface area contributed by atoms with Gasteiger partial charge < -0.3 is 0 Å². The minimum absolute atomic E-state index is 0.278. The standard InChI is InChI=1S/C11H13BrN2O2Si/c1-17(2,3)10-11(15)16-13-14(10)9-7-5-4-6-8(9)12/h4-7H,1-3H3/p+1. The molecule has 2 rings (SSSR count). The van der Waals surface area contributed by atoms with E-state index in [9.17, 15) is 4.79 Å². The fourth-order valence-corrected chi connectivity index (χ4v) is 3.68. The summed E-state index contributed by atoms with van der Waals surface area (Å²) in [6.07, 6.45) is 0. The van der Waals surface area contributed by atoms with Gasteiger partial charge >= 0.3 is 5.63 Å². The van der Waals surface area contributed by atoms with Crippen molar-refractivity contribution in [1.29, 1.82) is 0 Å². The highest BCUT2D eigenvalue weighted by Gasteiger charge is 2.37. The van der Waals surface area contributed by atoms with Gasteiger partial charge in [0.25, 0.3) is 11.0 Å². The third kappa shape index (κ3) is 2.27. The molecule has 6 heteroatoms. The van der Waals surface area contributed by atoms with Gasteiger partial charge in [0.15, 0.2) is 8.07 Å². The maximum Gasteiger partial charge on any atom is 0.424 e. The van der Waals surface area contributed by atoms with Gasteiger partial charge in [0, 0.05) is 6.07 Å². The largest absolute Gasteiger partial charge is 0.424 e. The van der Waals surface area contributed by atoms with Crippen molar-refractivity contribution >= 4 is 29.3 Å². The monoisotopic (exact) mass is 313 g/mol. The topological polar surface area (TPSA) is 49.9 Å². The summed E-state index contributed by atoms with van der Waals surface area (Å²) in [6, 6.07) is 7.72. The summed E-state index contributed by atoms with van der Waals surface area (Å²) in [5.74, 6) is 0. The molecule has 0 saturated carbocycles. The van der Waals surface area contributed by atoms with E-state index in [1.807, 2.05) is 24.3 Å². The predicted molar refractivity (Wildman–Crippen MR) is 71.5 cm³/mol. The van der Waals surface area contributed by atoms with Crippen LogP contribution in [0.3, 0.4) is 0 Å². The van der Waals surface area contributed by atoms with E-state index in [1.54, 1.807) is 4.68 Å². The molecule has 0 aliphatic rings. The van der Waals surface area contributed by atoms with E-state index in [4.69, 9.17) is 4.52 Å². The normalized spacial score (nSPS) is 11.8. The van der Waals surface area contributed by atoms with Crippen LogP contribution in [-0.4, -0.2) is 13.3 Å². The third-order valence-corrected chi connectivity index (χ3v) is 4.97. The smallest absolute Gasteiger partial charge is 0.283 e. The second-order valence-electron chi connectivity index (χ2n) is 4.87. The van der Waals surface area contributed by atoms with Crippen LogP contribution in [0, 0.1) is 0 Å². The number of rotatable bonds is 2. The maximum atomic E-state index is 11.8. The van der Waals surface area contributed by atoms with E-state index in [0.717, 1.165) is 15.5 Å². The second-order valence-corrected chi connectivity index (χ2v) is 10.7. The van der Waals surface area contributed by atoms with Crippen molar-refractivity contribution in [2.75, 3.05) is 0 Å². The van der Waals surface area contributed by atoms with Crippen molar-refractivity contribution in [2.24, 2.45) is 0 Å². The molecule has 0 radical (unpaired) electrons. The number of nitrogens with one attached hydrogen (secondary N) is 1. The zero-order valence-electron chi connectivity index (χ0n) is 9.95. The molecule has 0 fully saturated rings. The Bertz CT molecular complexity index is 598. The Balaban J connectivity index is 2.71. The molecule has 0 aliphatic heterocycles. The molecule has 0 saturated heterocycles. The molecule has 1 aromatic heterocycles. The van der Waals surface area contributed by atoms with Crippen molar-refractivity contribution in [1.82, 2.24) is 5.27 Å². The summed E-state index contributed by atoms with van der Waals surface area (Å²) in [6.45, 7) is 6.33.